The van der Waals surface area contributed by atoms with Crippen molar-refractivity contribution in [1.82, 2.24) is 20.2 Å². The molecule has 0 radical (unpaired) electrons. The molecule has 0 spiro atoms. The Morgan fingerprint density at radius 1 is 1.03 bits per heavy atom. The van der Waals surface area contributed by atoms with E-state index in [1.54, 1.807) is 29.2 Å². The molecule has 39 heavy (non-hydrogen) atoms. The molecule has 2 saturated heterocycles. The first-order valence-corrected chi connectivity index (χ1v) is 12.3. The summed E-state index contributed by atoms with van der Waals surface area (Å²) in [6.07, 6.45) is -10.4. The first-order valence-electron chi connectivity index (χ1n) is 12.0. The number of ether oxygens (including phenoxy) is 1. The zero-order valence-corrected chi connectivity index (χ0v) is 21.3. The summed E-state index contributed by atoms with van der Waals surface area (Å²) in [5.41, 5.74) is -0.707. The minimum atomic E-state index is -5.24. The van der Waals surface area contributed by atoms with Gasteiger partial charge in [0.2, 0.25) is 5.95 Å². The van der Waals surface area contributed by atoms with Crippen LogP contribution in [0.25, 0.3) is 0 Å². The number of halogens is 7. The molecule has 2 aliphatic heterocycles. The van der Waals surface area contributed by atoms with Gasteiger partial charge in [0.25, 0.3) is 5.91 Å². The second kappa shape index (κ2) is 11.2. The SMILES string of the molecule is Cc1cc(C(F)(F)F)nc(N2CC(NC3CCN(C(=O)c4ccc(Cl)cc4)CC3)C(OC(=O)C(F)(F)F)C2)n1. The van der Waals surface area contributed by atoms with Crippen molar-refractivity contribution in [3.8, 4) is 0 Å². The topological polar surface area (TPSA) is 87.7 Å². The molecule has 0 aliphatic carbocycles. The van der Waals surface area contributed by atoms with Crippen molar-refractivity contribution in [2.24, 2.45) is 0 Å². The lowest BCUT2D eigenvalue weighted by atomic mass is 10.0. The van der Waals surface area contributed by atoms with Gasteiger partial charge < -0.3 is 19.9 Å². The van der Waals surface area contributed by atoms with Crippen LogP contribution in [0.3, 0.4) is 0 Å². The van der Waals surface area contributed by atoms with Crippen LogP contribution in [-0.4, -0.2) is 77.3 Å². The number of amides is 1. The van der Waals surface area contributed by atoms with Gasteiger partial charge in [-0.2, -0.15) is 26.3 Å². The fourth-order valence-electron chi connectivity index (χ4n) is 4.59. The molecule has 2 aromatic rings. The number of hydrogen-bond acceptors (Lipinski definition) is 7. The molecule has 2 fully saturated rings. The summed E-state index contributed by atoms with van der Waals surface area (Å²) in [7, 11) is 0. The molecule has 2 atom stereocenters. The van der Waals surface area contributed by atoms with Gasteiger partial charge in [-0.05, 0) is 50.1 Å². The summed E-state index contributed by atoms with van der Waals surface area (Å²) in [6, 6.07) is 6.09. The van der Waals surface area contributed by atoms with E-state index in [4.69, 9.17) is 16.3 Å². The smallest absolute Gasteiger partial charge is 0.452 e. The molecule has 3 heterocycles. The van der Waals surface area contributed by atoms with Crippen molar-refractivity contribution in [3.63, 3.8) is 0 Å². The second-order valence-electron chi connectivity index (χ2n) is 9.39. The Kier molecular flexibility index (Phi) is 8.26. The highest BCUT2D eigenvalue weighted by Crippen LogP contribution is 2.31. The highest BCUT2D eigenvalue weighted by atomic mass is 35.5. The maximum Gasteiger partial charge on any atom is 0.490 e. The summed E-state index contributed by atoms with van der Waals surface area (Å²) < 4.78 is 83.3. The van der Waals surface area contributed by atoms with E-state index in [9.17, 15) is 35.9 Å². The lowest BCUT2D eigenvalue weighted by Crippen LogP contribution is -2.52. The highest BCUT2D eigenvalue weighted by molar-refractivity contribution is 6.30. The molecule has 1 amide bonds. The first kappa shape index (κ1) is 28.9. The Hall–Kier alpha value is -3.13. The van der Waals surface area contributed by atoms with Crippen LogP contribution in [0, 0.1) is 6.92 Å². The molecule has 8 nitrogen and oxygen atoms in total. The van der Waals surface area contributed by atoms with E-state index in [1.165, 1.54) is 11.8 Å². The zero-order valence-electron chi connectivity index (χ0n) is 20.5. The Labute approximate surface area is 224 Å². The van der Waals surface area contributed by atoms with Crippen LogP contribution in [0.1, 0.15) is 34.6 Å². The number of hydrogen-bond donors (Lipinski definition) is 1. The number of piperidine rings is 1. The average Bonchev–Trinajstić information content (AvgIpc) is 3.25. The number of carbonyl (C=O) groups excluding carboxylic acids is 2. The van der Waals surface area contributed by atoms with E-state index >= 15 is 0 Å². The minimum Gasteiger partial charge on any atom is -0.452 e. The van der Waals surface area contributed by atoms with Crippen LogP contribution in [0.5, 0.6) is 0 Å². The number of alkyl halides is 6. The van der Waals surface area contributed by atoms with E-state index in [1.807, 2.05) is 0 Å². The Bertz CT molecular complexity index is 1200. The van der Waals surface area contributed by atoms with Crippen molar-refractivity contribution in [2.45, 2.75) is 50.3 Å². The molecule has 15 heteroatoms. The second-order valence-corrected chi connectivity index (χ2v) is 9.82. The van der Waals surface area contributed by atoms with Gasteiger partial charge in [-0.25, -0.2) is 14.8 Å². The maximum atomic E-state index is 13.3. The number of anilines is 1. The summed E-state index contributed by atoms with van der Waals surface area (Å²) in [5, 5.41) is 3.66. The van der Waals surface area contributed by atoms with Gasteiger partial charge in [0, 0.05) is 42.0 Å². The standard InChI is InChI=1S/C24H24ClF6N5O3/c1-13-10-19(23(26,27)28)34-22(32-13)36-11-17(18(12-36)39-21(38)24(29,30)31)33-16-6-8-35(9-7-16)20(37)14-2-4-15(25)5-3-14/h2-5,10,16-18,33H,6-9,11-12H2,1H3. The zero-order chi connectivity index (χ0) is 28.5. The van der Waals surface area contributed by atoms with E-state index in [2.05, 4.69) is 15.3 Å². The number of nitrogens with one attached hydrogen (secondary N) is 1. The van der Waals surface area contributed by atoms with Crippen molar-refractivity contribution in [3.05, 3.63) is 52.3 Å². The molecule has 2 unspecified atom stereocenters. The van der Waals surface area contributed by atoms with Gasteiger partial charge in [-0.3, -0.25) is 4.79 Å². The Morgan fingerprint density at radius 3 is 2.26 bits per heavy atom. The van der Waals surface area contributed by atoms with Crippen LogP contribution in [0.4, 0.5) is 32.3 Å². The van der Waals surface area contributed by atoms with Gasteiger partial charge in [-0.15, -0.1) is 0 Å². The number of benzene rings is 1. The van der Waals surface area contributed by atoms with E-state index in [0.717, 1.165) is 6.07 Å². The maximum absolute atomic E-state index is 13.3. The predicted octanol–water partition coefficient (Wildman–Crippen LogP) is 4.01. The molecule has 0 bridgehead atoms. The van der Waals surface area contributed by atoms with Crippen molar-refractivity contribution < 1.29 is 40.7 Å². The number of nitrogens with zero attached hydrogens (tertiary/aromatic N) is 4. The number of rotatable bonds is 5. The summed E-state index contributed by atoms with van der Waals surface area (Å²) in [5.74, 6) is -2.92. The van der Waals surface area contributed by atoms with Gasteiger partial charge in [0.15, 0.2) is 0 Å². The lowest BCUT2D eigenvalue weighted by molar-refractivity contribution is -0.204. The number of likely N-dealkylation sites (tertiary alicyclic amines) is 1. The summed E-state index contributed by atoms with van der Waals surface area (Å²) in [6.45, 7) is 1.62. The van der Waals surface area contributed by atoms with Gasteiger partial charge >= 0.3 is 18.3 Å². The third kappa shape index (κ3) is 7.10. The highest BCUT2D eigenvalue weighted by Gasteiger charge is 2.46. The van der Waals surface area contributed by atoms with E-state index < -0.39 is 36.2 Å². The molecule has 1 aromatic carbocycles. The van der Waals surface area contributed by atoms with Crippen LogP contribution in [-0.2, 0) is 15.7 Å². The molecule has 2 aliphatic rings. The van der Waals surface area contributed by atoms with E-state index in [0.29, 0.717) is 36.5 Å². The monoisotopic (exact) mass is 579 g/mol. The fourth-order valence-corrected chi connectivity index (χ4v) is 4.71. The number of carbonyl (C=O) groups is 2. The van der Waals surface area contributed by atoms with Crippen molar-refractivity contribution in [2.75, 3.05) is 31.1 Å². The molecule has 212 valence electrons. The third-order valence-electron chi connectivity index (χ3n) is 6.49. The van der Waals surface area contributed by atoms with E-state index in [-0.39, 0.29) is 36.7 Å². The van der Waals surface area contributed by atoms with Crippen molar-refractivity contribution >= 4 is 29.4 Å². The summed E-state index contributed by atoms with van der Waals surface area (Å²) >= 11 is 5.87. The molecular formula is C24H24ClF6N5O3. The van der Waals surface area contributed by atoms with Crippen LogP contribution in [0.15, 0.2) is 30.3 Å². The fraction of sp³-hybridized carbons (Fsp3) is 0.500. The Balaban J connectivity index is 1.45. The number of aromatic nitrogens is 2. The van der Waals surface area contributed by atoms with Gasteiger partial charge in [0.05, 0.1) is 12.6 Å². The normalized spacial score (nSPS) is 20.8. The molecule has 0 saturated carbocycles. The number of esters is 1. The third-order valence-corrected chi connectivity index (χ3v) is 6.75. The quantitative estimate of drug-likeness (QED) is 0.423. The largest absolute Gasteiger partial charge is 0.490 e. The molecule has 1 aromatic heterocycles. The Morgan fingerprint density at radius 2 is 1.67 bits per heavy atom. The predicted molar refractivity (Wildman–Crippen MR) is 127 cm³/mol. The van der Waals surface area contributed by atoms with Gasteiger partial charge in [-0.1, -0.05) is 11.6 Å². The number of aryl methyl sites for hydroxylation is 1. The molecular weight excluding hydrogens is 556 g/mol. The van der Waals surface area contributed by atoms with Crippen LogP contribution >= 0.6 is 11.6 Å². The van der Waals surface area contributed by atoms with Crippen molar-refractivity contribution in [1.29, 1.82) is 0 Å². The molecule has 4 rings (SSSR count). The van der Waals surface area contributed by atoms with Crippen LogP contribution in [0.2, 0.25) is 5.02 Å². The molecule has 1 N–H and O–H groups in total. The average molecular weight is 580 g/mol. The minimum absolute atomic E-state index is 0.0188. The lowest BCUT2D eigenvalue weighted by Gasteiger charge is -2.34. The van der Waals surface area contributed by atoms with Crippen LogP contribution < -0.4 is 10.2 Å². The first-order chi connectivity index (χ1) is 18.2. The van der Waals surface area contributed by atoms with Gasteiger partial charge in [0.1, 0.15) is 11.8 Å². The summed E-state index contributed by atoms with van der Waals surface area (Å²) in [4.78, 5) is 34.8.